The SMILES string of the molecule is O=C(Cl)Nc1ccc2c(c1)NC(=O)CO2. The molecule has 6 heteroatoms. The predicted molar refractivity (Wildman–Crippen MR) is 55.4 cm³/mol. The van der Waals surface area contributed by atoms with E-state index in [2.05, 4.69) is 10.6 Å². The monoisotopic (exact) mass is 226 g/mol. The highest BCUT2D eigenvalue weighted by Crippen LogP contribution is 2.30. The minimum Gasteiger partial charge on any atom is -0.482 e. The van der Waals surface area contributed by atoms with Crippen LogP contribution in [-0.2, 0) is 4.79 Å². The molecule has 1 aliphatic heterocycles. The van der Waals surface area contributed by atoms with Crippen molar-refractivity contribution in [3.8, 4) is 5.75 Å². The quantitative estimate of drug-likeness (QED) is 0.567. The summed E-state index contributed by atoms with van der Waals surface area (Å²) in [5.74, 6) is 0.346. The highest BCUT2D eigenvalue weighted by molar-refractivity contribution is 6.65. The van der Waals surface area contributed by atoms with Crippen molar-refractivity contribution in [1.82, 2.24) is 0 Å². The lowest BCUT2D eigenvalue weighted by molar-refractivity contribution is -0.118. The van der Waals surface area contributed by atoms with Crippen LogP contribution in [0.2, 0.25) is 0 Å². The van der Waals surface area contributed by atoms with Crippen molar-refractivity contribution in [3.05, 3.63) is 18.2 Å². The van der Waals surface area contributed by atoms with Crippen LogP contribution in [0.1, 0.15) is 0 Å². The number of ether oxygens (including phenoxy) is 1. The fourth-order valence-electron chi connectivity index (χ4n) is 1.27. The average Bonchev–Trinajstić information content (AvgIpc) is 2.16. The summed E-state index contributed by atoms with van der Waals surface area (Å²) in [5.41, 5.74) is 1.02. The van der Waals surface area contributed by atoms with Gasteiger partial charge in [-0.1, -0.05) is 0 Å². The zero-order valence-corrected chi connectivity index (χ0v) is 8.30. The van der Waals surface area contributed by atoms with Crippen molar-refractivity contribution in [1.29, 1.82) is 0 Å². The van der Waals surface area contributed by atoms with Crippen LogP contribution in [0.15, 0.2) is 18.2 Å². The summed E-state index contributed by atoms with van der Waals surface area (Å²) < 4.78 is 5.14. The van der Waals surface area contributed by atoms with E-state index in [0.29, 0.717) is 17.1 Å². The molecule has 0 atom stereocenters. The van der Waals surface area contributed by atoms with E-state index in [1.165, 1.54) is 0 Å². The molecular weight excluding hydrogens is 220 g/mol. The summed E-state index contributed by atoms with van der Waals surface area (Å²) in [4.78, 5) is 21.6. The largest absolute Gasteiger partial charge is 0.482 e. The molecule has 2 rings (SSSR count). The molecule has 0 saturated carbocycles. The van der Waals surface area contributed by atoms with Crippen molar-refractivity contribution in [2.45, 2.75) is 0 Å². The molecule has 5 nitrogen and oxygen atoms in total. The van der Waals surface area contributed by atoms with Crippen LogP contribution in [-0.4, -0.2) is 17.9 Å². The Morgan fingerprint density at radius 1 is 1.53 bits per heavy atom. The van der Waals surface area contributed by atoms with Gasteiger partial charge < -0.3 is 15.4 Å². The topological polar surface area (TPSA) is 67.4 Å². The molecular formula is C9H7ClN2O3. The Balaban J connectivity index is 2.28. The second kappa shape index (κ2) is 3.78. The molecule has 0 fully saturated rings. The van der Waals surface area contributed by atoms with Gasteiger partial charge in [-0.3, -0.25) is 9.59 Å². The molecule has 0 radical (unpaired) electrons. The lowest BCUT2D eigenvalue weighted by Gasteiger charge is -2.18. The zero-order valence-electron chi connectivity index (χ0n) is 7.54. The van der Waals surface area contributed by atoms with E-state index in [4.69, 9.17) is 16.3 Å². The Hall–Kier alpha value is -1.75. The number of amides is 2. The van der Waals surface area contributed by atoms with E-state index in [9.17, 15) is 9.59 Å². The molecule has 78 valence electrons. The van der Waals surface area contributed by atoms with Crippen LogP contribution in [0.25, 0.3) is 0 Å². The van der Waals surface area contributed by atoms with Gasteiger partial charge in [0.05, 0.1) is 5.69 Å². The lowest BCUT2D eigenvalue weighted by Crippen LogP contribution is -2.25. The van der Waals surface area contributed by atoms with Crippen molar-refractivity contribution in [3.63, 3.8) is 0 Å². The van der Waals surface area contributed by atoms with Gasteiger partial charge in [0.25, 0.3) is 5.91 Å². The first-order valence-electron chi connectivity index (χ1n) is 4.18. The summed E-state index contributed by atoms with van der Waals surface area (Å²) >= 11 is 5.16. The molecule has 1 heterocycles. The number of nitrogens with one attached hydrogen (secondary N) is 2. The fraction of sp³-hybridized carbons (Fsp3) is 0.111. The van der Waals surface area contributed by atoms with Crippen molar-refractivity contribution in [2.75, 3.05) is 17.2 Å². The standard InChI is InChI=1S/C9H7ClN2O3/c10-9(14)11-5-1-2-7-6(3-5)12-8(13)4-15-7/h1-3H,4H2,(H,11,14)(H,12,13). The van der Waals surface area contributed by atoms with Crippen molar-refractivity contribution >= 4 is 34.2 Å². The molecule has 15 heavy (non-hydrogen) atoms. The Bertz CT molecular complexity index is 433. The molecule has 2 N–H and O–H groups in total. The molecule has 1 aromatic carbocycles. The lowest BCUT2D eigenvalue weighted by atomic mass is 10.2. The molecule has 1 aromatic rings. The van der Waals surface area contributed by atoms with Crippen LogP contribution in [0.5, 0.6) is 5.75 Å². The molecule has 0 bridgehead atoms. The Labute approximate surface area is 90.4 Å². The molecule has 0 saturated heterocycles. The van der Waals surface area contributed by atoms with Crippen molar-refractivity contribution in [2.24, 2.45) is 0 Å². The van der Waals surface area contributed by atoms with E-state index >= 15 is 0 Å². The zero-order chi connectivity index (χ0) is 10.8. The van der Waals surface area contributed by atoms with Crippen LogP contribution in [0.3, 0.4) is 0 Å². The van der Waals surface area contributed by atoms with Gasteiger partial charge in [0.15, 0.2) is 6.61 Å². The summed E-state index contributed by atoms with van der Waals surface area (Å²) in [5, 5.41) is 4.32. The predicted octanol–water partition coefficient (Wildman–Crippen LogP) is 1.79. The average molecular weight is 227 g/mol. The first kappa shape index (κ1) is 9.79. The van der Waals surface area contributed by atoms with Gasteiger partial charge in [0, 0.05) is 5.69 Å². The van der Waals surface area contributed by atoms with Gasteiger partial charge in [0.1, 0.15) is 5.75 Å². The first-order chi connectivity index (χ1) is 7.15. The molecule has 0 aromatic heterocycles. The maximum atomic E-state index is 11.0. The maximum Gasteiger partial charge on any atom is 0.318 e. The Morgan fingerprint density at radius 3 is 3.07 bits per heavy atom. The maximum absolute atomic E-state index is 11.0. The van der Waals surface area contributed by atoms with Gasteiger partial charge in [0.2, 0.25) is 0 Å². The van der Waals surface area contributed by atoms with Gasteiger partial charge in [-0.25, -0.2) is 0 Å². The first-order valence-corrected chi connectivity index (χ1v) is 4.56. The number of carbonyl (C=O) groups excluding carboxylic acids is 2. The van der Waals surface area contributed by atoms with E-state index in [-0.39, 0.29) is 12.5 Å². The summed E-state index contributed by atoms with van der Waals surface area (Å²) in [6, 6.07) is 4.86. The number of hydrogen-bond donors (Lipinski definition) is 2. The fourth-order valence-corrected chi connectivity index (χ4v) is 1.38. The number of anilines is 2. The number of rotatable bonds is 1. The number of benzene rings is 1. The number of hydrogen-bond acceptors (Lipinski definition) is 3. The molecule has 0 unspecified atom stereocenters. The van der Waals surface area contributed by atoms with Crippen LogP contribution >= 0.6 is 11.6 Å². The smallest absolute Gasteiger partial charge is 0.318 e. The highest BCUT2D eigenvalue weighted by Gasteiger charge is 2.15. The third-order valence-electron chi connectivity index (χ3n) is 1.86. The minimum absolute atomic E-state index is 0.00815. The third kappa shape index (κ3) is 2.19. The Kier molecular flexibility index (Phi) is 2.47. The second-order valence-corrected chi connectivity index (χ2v) is 3.29. The summed E-state index contributed by atoms with van der Waals surface area (Å²) in [7, 11) is 0. The molecule has 0 spiro atoms. The van der Waals surface area contributed by atoms with Gasteiger partial charge in [-0.2, -0.15) is 0 Å². The highest BCUT2D eigenvalue weighted by atomic mass is 35.5. The molecule has 2 amide bonds. The third-order valence-corrected chi connectivity index (χ3v) is 1.95. The Morgan fingerprint density at radius 2 is 2.33 bits per heavy atom. The van der Waals surface area contributed by atoms with E-state index in [1.807, 2.05) is 0 Å². The van der Waals surface area contributed by atoms with E-state index in [1.54, 1.807) is 18.2 Å². The normalized spacial score (nSPS) is 13.5. The van der Waals surface area contributed by atoms with Crippen LogP contribution in [0, 0.1) is 0 Å². The van der Waals surface area contributed by atoms with Crippen LogP contribution in [0.4, 0.5) is 16.2 Å². The minimum atomic E-state index is -0.682. The molecule has 0 aliphatic carbocycles. The van der Waals surface area contributed by atoms with Gasteiger partial charge in [-0.05, 0) is 29.8 Å². The van der Waals surface area contributed by atoms with Crippen LogP contribution < -0.4 is 15.4 Å². The number of fused-ring (bicyclic) bond motifs is 1. The number of halogens is 1. The van der Waals surface area contributed by atoms with E-state index in [0.717, 1.165) is 0 Å². The molecule has 1 aliphatic rings. The van der Waals surface area contributed by atoms with E-state index < -0.39 is 5.37 Å². The summed E-state index contributed by atoms with van der Waals surface area (Å²) in [6.45, 7) is 0.00815. The van der Waals surface area contributed by atoms with Gasteiger partial charge >= 0.3 is 5.37 Å². The summed E-state index contributed by atoms with van der Waals surface area (Å²) in [6.07, 6.45) is 0. The second-order valence-electron chi connectivity index (χ2n) is 2.95. The number of carbonyl (C=O) groups is 2. The van der Waals surface area contributed by atoms with Crippen molar-refractivity contribution < 1.29 is 14.3 Å². The van der Waals surface area contributed by atoms with Gasteiger partial charge in [-0.15, -0.1) is 0 Å².